The Kier molecular flexibility index (Phi) is 3.88. The number of thiazole rings is 1. The summed E-state index contributed by atoms with van der Waals surface area (Å²) in [5, 5.41) is 14.9. The number of carboxylic acid groups (broad SMARTS) is 1. The van der Waals surface area contributed by atoms with E-state index in [4.69, 9.17) is 10.1 Å². The predicted octanol–water partition coefficient (Wildman–Crippen LogP) is 3.33. The summed E-state index contributed by atoms with van der Waals surface area (Å²) in [5.74, 6) is -1.17. The maximum atomic E-state index is 11.9. The molecule has 0 bridgehead atoms. The Morgan fingerprint density at radius 2 is 2.08 bits per heavy atom. The van der Waals surface area contributed by atoms with Gasteiger partial charge in [-0.2, -0.15) is 5.10 Å². The average molecular weight is 355 g/mol. The third-order valence-corrected chi connectivity index (χ3v) is 5.67. The summed E-state index contributed by atoms with van der Waals surface area (Å²) in [6.07, 6.45) is 4.52. The number of rotatable bonds is 4. The third kappa shape index (κ3) is 2.84. The molecule has 0 aliphatic heterocycles. The molecule has 3 aromatic rings. The molecule has 6 nitrogen and oxygen atoms in total. The van der Waals surface area contributed by atoms with Crippen molar-refractivity contribution in [1.82, 2.24) is 14.8 Å². The van der Waals surface area contributed by atoms with E-state index in [1.54, 1.807) is 11.3 Å². The fraction of sp³-hybridized carbons (Fsp3) is 0.333. The van der Waals surface area contributed by atoms with Crippen LogP contribution in [0.15, 0.2) is 18.2 Å². The van der Waals surface area contributed by atoms with E-state index in [9.17, 15) is 9.59 Å². The van der Waals surface area contributed by atoms with E-state index in [-0.39, 0.29) is 12.3 Å². The molecule has 1 aromatic carbocycles. The van der Waals surface area contributed by atoms with Gasteiger partial charge < -0.3 is 5.11 Å². The van der Waals surface area contributed by atoms with E-state index in [0.717, 1.165) is 23.4 Å². The SMILES string of the molecule is CC(=O)c1nn(CC(=O)O)c2ccc(-c3nc4c(s3)CCCC4)cc12. The Morgan fingerprint density at radius 3 is 2.80 bits per heavy atom. The van der Waals surface area contributed by atoms with Crippen LogP contribution in [0.1, 0.15) is 40.8 Å². The lowest BCUT2D eigenvalue weighted by Gasteiger charge is -2.06. The minimum atomic E-state index is -0.990. The van der Waals surface area contributed by atoms with Crippen LogP contribution in [-0.4, -0.2) is 31.6 Å². The summed E-state index contributed by atoms with van der Waals surface area (Å²) in [6, 6.07) is 5.66. The molecule has 25 heavy (non-hydrogen) atoms. The first kappa shape index (κ1) is 16.0. The van der Waals surface area contributed by atoms with Crippen molar-refractivity contribution in [2.24, 2.45) is 0 Å². The number of Topliss-reactive ketones (excluding diaryl/α,β-unsaturated/α-hetero) is 1. The summed E-state index contributed by atoms with van der Waals surface area (Å²) in [4.78, 5) is 29.1. The smallest absolute Gasteiger partial charge is 0.325 e. The molecule has 0 radical (unpaired) electrons. The number of aliphatic carboxylic acids is 1. The van der Waals surface area contributed by atoms with Crippen LogP contribution in [0, 0.1) is 0 Å². The highest BCUT2D eigenvalue weighted by atomic mass is 32.1. The maximum Gasteiger partial charge on any atom is 0.325 e. The Morgan fingerprint density at radius 1 is 1.28 bits per heavy atom. The van der Waals surface area contributed by atoms with E-state index < -0.39 is 5.97 Å². The molecule has 4 rings (SSSR count). The fourth-order valence-corrected chi connectivity index (χ4v) is 4.44. The molecular weight excluding hydrogens is 338 g/mol. The zero-order valence-electron chi connectivity index (χ0n) is 13.8. The number of benzene rings is 1. The first-order chi connectivity index (χ1) is 12.0. The Labute approximate surface area is 148 Å². The second kappa shape index (κ2) is 6.07. The zero-order valence-corrected chi connectivity index (χ0v) is 14.6. The third-order valence-electron chi connectivity index (χ3n) is 4.46. The van der Waals surface area contributed by atoms with E-state index in [2.05, 4.69) is 5.10 Å². The van der Waals surface area contributed by atoms with E-state index in [0.29, 0.717) is 16.6 Å². The monoisotopic (exact) mass is 355 g/mol. The van der Waals surface area contributed by atoms with E-state index >= 15 is 0 Å². The number of carbonyl (C=O) groups excluding carboxylic acids is 1. The first-order valence-electron chi connectivity index (χ1n) is 8.25. The van der Waals surface area contributed by atoms with Crippen LogP contribution in [0.2, 0.25) is 0 Å². The summed E-state index contributed by atoms with van der Waals surface area (Å²) in [6.45, 7) is 1.18. The number of aryl methyl sites for hydroxylation is 2. The standard InChI is InChI=1S/C18H17N3O3S/c1-10(22)17-12-8-11(6-7-14(12)21(20-17)9-16(23)24)18-19-13-4-2-3-5-15(13)25-18/h6-8H,2-5,9H2,1H3,(H,23,24). The normalized spacial score (nSPS) is 13.8. The van der Waals surface area contributed by atoms with Gasteiger partial charge in [-0.1, -0.05) is 0 Å². The van der Waals surface area contributed by atoms with Crippen molar-refractivity contribution in [2.75, 3.05) is 0 Å². The van der Waals surface area contributed by atoms with Crippen LogP contribution in [-0.2, 0) is 24.2 Å². The highest BCUT2D eigenvalue weighted by molar-refractivity contribution is 7.15. The van der Waals surface area contributed by atoms with Gasteiger partial charge in [-0.3, -0.25) is 14.3 Å². The van der Waals surface area contributed by atoms with Gasteiger partial charge in [-0.15, -0.1) is 11.3 Å². The van der Waals surface area contributed by atoms with Gasteiger partial charge in [-0.05, 0) is 43.9 Å². The fourth-order valence-electron chi connectivity index (χ4n) is 3.30. The number of fused-ring (bicyclic) bond motifs is 2. The minimum Gasteiger partial charge on any atom is -0.480 e. The average Bonchev–Trinajstić information content (AvgIpc) is 3.15. The molecule has 0 spiro atoms. The van der Waals surface area contributed by atoms with Gasteiger partial charge in [-0.25, -0.2) is 4.98 Å². The Hall–Kier alpha value is -2.54. The molecule has 1 aliphatic carbocycles. The highest BCUT2D eigenvalue weighted by Crippen LogP contribution is 2.34. The van der Waals surface area contributed by atoms with Crippen molar-refractivity contribution in [1.29, 1.82) is 0 Å². The molecular formula is C18H17N3O3S. The summed E-state index contributed by atoms with van der Waals surface area (Å²) >= 11 is 1.71. The molecule has 0 atom stereocenters. The van der Waals surface area contributed by atoms with Crippen molar-refractivity contribution in [2.45, 2.75) is 39.2 Å². The van der Waals surface area contributed by atoms with Gasteiger partial charge in [0.1, 0.15) is 17.2 Å². The quantitative estimate of drug-likeness (QED) is 0.726. The van der Waals surface area contributed by atoms with Crippen molar-refractivity contribution in [3.05, 3.63) is 34.5 Å². The first-order valence-corrected chi connectivity index (χ1v) is 9.07. The molecule has 128 valence electrons. The zero-order chi connectivity index (χ0) is 17.6. The van der Waals surface area contributed by atoms with Crippen molar-refractivity contribution in [3.8, 4) is 10.6 Å². The summed E-state index contributed by atoms with van der Waals surface area (Å²) < 4.78 is 1.37. The summed E-state index contributed by atoms with van der Waals surface area (Å²) in [7, 11) is 0. The second-order valence-electron chi connectivity index (χ2n) is 6.28. The number of carboxylic acids is 1. The van der Waals surface area contributed by atoms with Crippen LogP contribution in [0.5, 0.6) is 0 Å². The van der Waals surface area contributed by atoms with Crippen LogP contribution >= 0.6 is 11.3 Å². The Balaban J connectivity index is 1.84. The Bertz CT molecular complexity index is 979. The largest absolute Gasteiger partial charge is 0.480 e. The maximum absolute atomic E-state index is 11.9. The summed E-state index contributed by atoms with van der Waals surface area (Å²) in [5.41, 5.74) is 3.10. The van der Waals surface area contributed by atoms with Gasteiger partial charge in [0, 0.05) is 22.8 Å². The topological polar surface area (TPSA) is 85.1 Å². The van der Waals surface area contributed by atoms with Crippen molar-refractivity contribution >= 4 is 34.0 Å². The van der Waals surface area contributed by atoms with Gasteiger partial charge in [0.05, 0.1) is 11.2 Å². The van der Waals surface area contributed by atoms with Crippen molar-refractivity contribution < 1.29 is 14.7 Å². The van der Waals surface area contributed by atoms with E-state index in [1.165, 1.54) is 35.0 Å². The van der Waals surface area contributed by atoms with E-state index in [1.807, 2.05) is 18.2 Å². The van der Waals surface area contributed by atoms with Gasteiger partial charge in [0.15, 0.2) is 5.78 Å². The second-order valence-corrected chi connectivity index (χ2v) is 7.37. The lowest BCUT2D eigenvalue weighted by molar-refractivity contribution is -0.137. The molecule has 0 saturated carbocycles. The molecule has 2 aromatic heterocycles. The van der Waals surface area contributed by atoms with Crippen molar-refractivity contribution in [3.63, 3.8) is 0 Å². The highest BCUT2D eigenvalue weighted by Gasteiger charge is 2.19. The number of nitrogens with zero attached hydrogens (tertiary/aromatic N) is 3. The van der Waals surface area contributed by atoms with Crippen LogP contribution < -0.4 is 0 Å². The van der Waals surface area contributed by atoms with Gasteiger partial charge in [0.2, 0.25) is 0 Å². The molecule has 0 fully saturated rings. The van der Waals surface area contributed by atoms with Gasteiger partial charge in [0.25, 0.3) is 0 Å². The molecule has 7 heteroatoms. The van der Waals surface area contributed by atoms with Crippen LogP contribution in [0.4, 0.5) is 0 Å². The lowest BCUT2D eigenvalue weighted by atomic mass is 10.0. The van der Waals surface area contributed by atoms with Crippen LogP contribution in [0.3, 0.4) is 0 Å². The molecule has 1 aliphatic rings. The molecule has 0 amide bonds. The van der Waals surface area contributed by atoms with Crippen LogP contribution in [0.25, 0.3) is 21.5 Å². The molecule has 1 N–H and O–H groups in total. The van der Waals surface area contributed by atoms with Gasteiger partial charge >= 0.3 is 5.97 Å². The molecule has 0 saturated heterocycles. The lowest BCUT2D eigenvalue weighted by Crippen LogP contribution is -2.10. The molecule has 2 heterocycles. The molecule has 0 unspecified atom stereocenters. The number of carbonyl (C=O) groups is 2. The number of hydrogen-bond acceptors (Lipinski definition) is 5. The number of ketones is 1. The predicted molar refractivity (Wildman–Crippen MR) is 95.1 cm³/mol. The number of hydrogen-bond donors (Lipinski definition) is 1. The minimum absolute atomic E-state index is 0.176. The number of aromatic nitrogens is 3.